The molecule has 1 aromatic carbocycles. The molecular weight excluding hydrogens is 389 g/mol. The summed E-state index contributed by atoms with van der Waals surface area (Å²) in [7, 11) is 3.27. The second kappa shape index (κ2) is 9.25. The number of pyridine rings is 1. The summed E-state index contributed by atoms with van der Waals surface area (Å²) in [6.07, 6.45) is 8.05. The number of allylic oxidation sites excluding steroid dienone is 1. The standard InChI is InChI=1S/C18H20NO2.HI/c1-4-12-19-13-6-5-7-16(19)10-8-15-9-11-17(20-2)18(14-15)21-3;/h4-11,13-14H,1,12H2,2-3H3;1H/q+1;/p-1/b10-8+;. The van der Waals surface area contributed by atoms with Gasteiger partial charge in [-0.2, -0.15) is 4.57 Å². The molecule has 0 fully saturated rings. The van der Waals surface area contributed by atoms with E-state index in [2.05, 4.69) is 29.4 Å². The lowest BCUT2D eigenvalue weighted by Crippen LogP contribution is -3.00. The number of rotatable bonds is 6. The van der Waals surface area contributed by atoms with Crippen molar-refractivity contribution in [2.24, 2.45) is 0 Å². The second-order valence-electron chi connectivity index (χ2n) is 4.51. The molecule has 2 aromatic rings. The average molecular weight is 409 g/mol. The Morgan fingerprint density at radius 3 is 2.50 bits per heavy atom. The lowest BCUT2D eigenvalue weighted by atomic mass is 10.1. The summed E-state index contributed by atoms with van der Waals surface area (Å²) in [6, 6.07) is 12.0. The van der Waals surface area contributed by atoms with Gasteiger partial charge in [-0.05, 0) is 35.9 Å². The minimum Gasteiger partial charge on any atom is -1.00 e. The van der Waals surface area contributed by atoms with E-state index in [0.29, 0.717) is 0 Å². The van der Waals surface area contributed by atoms with Crippen molar-refractivity contribution >= 4 is 12.2 Å². The normalized spacial score (nSPS) is 10.1. The van der Waals surface area contributed by atoms with E-state index in [1.807, 2.05) is 42.6 Å². The smallest absolute Gasteiger partial charge is 0.205 e. The van der Waals surface area contributed by atoms with E-state index in [1.165, 1.54) is 0 Å². The maximum absolute atomic E-state index is 5.31. The highest BCUT2D eigenvalue weighted by molar-refractivity contribution is 5.68. The van der Waals surface area contributed by atoms with E-state index in [9.17, 15) is 0 Å². The Labute approximate surface area is 148 Å². The summed E-state index contributed by atoms with van der Waals surface area (Å²) in [4.78, 5) is 0. The molecule has 3 nitrogen and oxygen atoms in total. The fraction of sp³-hybridized carbons (Fsp3) is 0.167. The van der Waals surface area contributed by atoms with Crippen LogP contribution in [-0.2, 0) is 6.54 Å². The van der Waals surface area contributed by atoms with Gasteiger partial charge in [0.25, 0.3) is 0 Å². The molecule has 1 heterocycles. The van der Waals surface area contributed by atoms with Crippen LogP contribution in [-0.4, -0.2) is 14.2 Å². The molecule has 0 aliphatic rings. The van der Waals surface area contributed by atoms with Crippen molar-refractivity contribution in [1.82, 2.24) is 0 Å². The van der Waals surface area contributed by atoms with Crippen LogP contribution in [0.15, 0.2) is 55.3 Å². The molecule has 22 heavy (non-hydrogen) atoms. The fourth-order valence-electron chi connectivity index (χ4n) is 2.08. The maximum Gasteiger partial charge on any atom is 0.205 e. The Morgan fingerprint density at radius 2 is 1.82 bits per heavy atom. The Balaban J connectivity index is 0.00000242. The van der Waals surface area contributed by atoms with E-state index in [-0.39, 0.29) is 24.0 Å². The first-order valence-electron chi connectivity index (χ1n) is 6.78. The first-order chi connectivity index (χ1) is 10.3. The molecule has 0 radical (unpaired) electrons. The average Bonchev–Trinajstić information content (AvgIpc) is 2.54. The van der Waals surface area contributed by atoms with Crippen molar-refractivity contribution in [3.05, 3.63) is 66.5 Å². The Bertz CT molecular complexity index is 653. The molecule has 0 N–H and O–H groups in total. The zero-order valence-electron chi connectivity index (χ0n) is 12.8. The van der Waals surface area contributed by atoms with Crippen LogP contribution in [0.2, 0.25) is 0 Å². The van der Waals surface area contributed by atoms with Crippen molar-refractivity contribution in [1.29, 1.82) is 0 Å². The zero-order valence-corrected chi connectivity index (χ0v) is 15.0. The second-order valence-corrected chi connectivity index (χ2v) is 4.51. The summed E-state index contributed by atoms with van der Waals surface area (Å²) in [6.45, 7) is 4.57. The Kier molecular flexibility index (Phi) is 7.66. The number of methoxy groups -OCH3 is 2. The Morgan fingerprint density at radius 1 is 1.05 bits per heavy atom. The van der Waals surface area contributed by atoms with Crippen molar-refractivity contribution < 1.29 is 38.0 Å². The van der Waals surface area contributed by atoms with Crippen molar-refractivity contribution in [3.63, 3.8) is 0 Å². The Hall–Kier alpha value is -1.82. The van der Waals surface area contributed by atoms with Crippen LogP contribution in [0, 0.1) is 0 Å². The van der Waals surface area contributed by atoms with Gasteiger partial charge >= 0.3 is 0 Å². The zero-order chi connectivity index (χ0) is 15.1. The lowest BCUT2D eigenvalue weighted by molar-refractivity contribution is -0.688. The van der Waals surface area contributed by atoms with Gasteiger partial charge in [0.15, 0.2) is 24.2 Å². The molecule has 0 aliphatic heterocycles. The minimum atomic E-state index is 0. The number of halogens is 1. The molecule has 0 atom stereocenters. The first-order valence-corrected chi connectivity index (χ1v) is 6.78. The van der Waals surface area contributed by atoms with E-state index in [4.69, 9.17) is 9.47 Å². The topological polar surface area (TPSA) is 22.3 Å². The van der Waals surface area contributed by atoms with Gasteiger partial charge in [0.1, 0.15) is 0 Å². The maximum atomic E-state index is 5.31. The van der Waals surface area contributed by atoms with Gasteiger partial charge in [0.2, 0.25) is 5.69 Å². The van der Waals surface area contributed by atoms with Gasteiger partial charge in [-0.15, -0.1) is 0 Å². The van der Waals surface area contributed by atoms with Crippen LogP contribution in [0.3, 0.4) is 0 Å². The number of hydrogen-bond donors (Lipinski definition) is 0. The van der Waals surface area contributed by atoms with E-state index in [1.54, 1.807) is 14.2 Å². The molecule has 1 aromatic heterocycles. The predicted octanol–water partition coefficient (Wildman–Crippen LogP) is 0.352. The van der Waals surface area contributed by atoms with Gasteiger partial charge in [-0.1, -0.05) is 12.6 Å². The number of hydrogen-bond acceptors (Lipinski definition) is 2. The van der Waals surface area contributed by atoms with Gasteiger partial charge in [0, 0.05) is 18.2 Å². The molecule has 2 rings (SSSR count). The monoisotopic (exact) mass is 409 g/mol. The number of benzene rings is 1. The third kappa shape index (κ3) is 4.59. The van der Waals surface area contributed by atoms with Gasteiger partial charge in [-0.25, -0.2) is 0 Å². The fourth-order valence-corrected chi connectivity index (χ4v) is 2.08. The number of ether oxygens (including phenoxy) is 2. The van der Waals surface area contributed by atoms with Crippen LogP contribution in [0.1, 0.15) is 11.3 Å². The van der Waals surface area contributed by atoms with Crippen molar-refractivity contribution in [2.45, 2.75) is 6.54 Å². The molecule has 0 bridgehead atoms. The van der Waals surface area contributed by atoms with E-state index in [0.717, 1.165) is 29.3 Å². The molecule has 116 valence electrons. The van der Waals surface area contributed by atoms with Crippen molar-refractivity contribution in [3.8, 4) is 11.5 Å². The quantitative estimate of drug-likeness (QED) is 0.391. The molecule has 4 heteroatoms. The summed E-state index contributed by atoms with van der Waals surface area (Å²) >= 11 is 0. The van der Waals surface area contributed by atoms with E-state index < -0.39 is 0 Å². The first kappa shape index (κ1) is 18.2. The van der Waals surface area contributed by atoms with Crippen molar-refractivity contribution in [2.75, 3.05) is 14.2 Å². The summed E-state index contributed by atoms with van der Waals surface area (Å²) in [5.41, 5.74) is 2.17. The van der Waals surface area contributed by atoms with Crippen LogP contribution < -0.4 is 38.0 Å². The summed E-state index contributed by atoms with van der Waals surface area (Å²) in [5.74, 6) is 1.46. The number of aromatic nitrogens is 1. The molecule has 0 unspecified atom stereocenters. The SMILES string of the molecule is C=CC[n+]1ccccc1/C=C/c1ccc(OC)c(OC)c1.[I-]. The highest BCUT2D eigenvalue weighted by Crippen LogP contribution is 2.28. The highest BCUT2D eigenvalue weighted by atomic mass is 127. The molecule has 0 amide bonds. The predicted molar refractivity (Wildman–Crippen MR) is 85.3 cm³/mol. The highest BCUT2D eigenvalue weighted by Gasteiger charge is 2.05. The molecular formula is C18H20INO2. The molecule has 0 spiro atoms. The molecule has 0 saturated carbocycles. The summed E-state index contributed by atoms with van der Waals surface area (Å²) in [5, 5.41) is 0. The molecule has 0 aliphatic carbocycles. The lowest BCUT2D eigenvalue weighted by Gasteiger charge is -2.07. The van der Waals surface area contributed by atoms with E-state index >= 15 is 0 Å². The van der Waals surface area contributed by atoms with Crippen LogP contribution in [0.5, 0.6) is 11.5 Å². The van der Waals surface area contributed by atoms with Crippen LogP contribution in [0.4, 0.5) is 0 Å². The van der Waals surface area contributed by atoms with Crippen LogP contribution >= 0.6 is 0 Å². The summed E-state index contributed by atoms with van der Waals surface area (Å²) < 4.78 is 12.7. The third-order valence-electron chi connectivity index (χ3n) is 3.16. The van der Waals surface area contributed by atoms with Gasteiger partial charge in [0.05, 0.1) is 14.2 Å². The van der Waals surface area contributed by atoms with Crippen LogP contribution in [0.25, 0.3) is 12.2 Å². The van der Waals surface area contributed by atoms with Gasteiger partial charge < -0.3 is 33.5 Å². The third-order valence-corrected chi connectivity index (χ3v) is 3.16. The largest absolute Gasteiger partial charge is 1.00 e. The molecule has 0 saturated heterocycles. The minimum absolute atomic E-state index is 0. The number of nitrogens with zero attached hydrogens (tertiary/aromatic N) is 1. The van der Waals surface area contributed by atoms with Gasteiger partial charge in [-0.3, -0.25) is 0 Å².